The van der Waals surface area contributed by atoms with Crippen molar-refractivity contribution in [2.24, 2.45) is 0 Å². The third kappa shape index (κ3) is 4.79. The first-order chi connectivity index (χ1) is 26.2. The minimum absolute atomic E-state index is 0.594. The van der Waals surface area contributed by atoms with Gasteiger partial charge in [-0.25, -0.2) is 15.0 Å². The van der Waals surface area contributed by atoms with Crippen LogP contribution in [0.2, 0.25) is 0 Å². The van der Waals surface area contributed by atoms with Gasteiger partial charge < -0.3 is 4.42 Å². The van der Waals surface area contributed by atoms with Crippen molar-refractivity contribution in [2.45, 2.75) is 0 Å². The Balaban J connectivity index is 1.04. The van der Waals surface area contributed by atoms with Crippen molar-refractivity contribution < 1.29 is 4.42 Å². The van der Waals surface area contributed by atoms with Crippen LogP contribution in [0, 0.1) is 0 Å². The second-order valence-corrected chi connectivity index (χ2v) is 13.4. The number of furan rings is 1. The molecule has 5 heteroatoms. The molecule has 0 spiro atoms. The molecule has 246 valence electrons. The third-order valence-electron chi connectivity index (χ3n) is 10.3. The fraction of sp³-hybridized carbons (Fsp3) is 0. The van der Waals surface area contributed by atoms with Crippen LogP contribution < -0.4 is 0 Å². The highest BCUT2D eigenvalue weighted by molar-refractivity contribution is 6.14. The second kappa shape index (κ2) is 11.7. The Labute approximate surface area is 304 Å². The van der Waals surface area contributed by atoms with Crippen molar-refractivity contribution in [3.8, 4) is 78.8 Å². The zero-order chi connectivity index (χ0) is 34.9. The van der Waals surface area contributed by atoms with E-state index in [4.69, 9.17) is 24.4 Å². The first kappa shape index (κ1) is 29.5. The molecule has 0 atom stereocenters. The molecule has 0 aliphatic heterocycles. The molecule has 7 aromatic carbocycles. The molecule has 0 unspecified atom stereocenters. The van der Waals surface area contributed by atoms with Crippen LogP contribution in [0.1, 0.15) is 0 Å². The van der Waals surface area contributed by atoms with E-state index < -0.39 is 0 Å². The van der Waals surface area contributed by atoms with Crippen molar-refractivity contribution in [3.05, 3.63) is 170 Å². The fourth-order valence-corrected chi connectivity index (χ4v) is 7.81. The second-order valence-electron chi connectivity index (χ2n) is 13.4. The topological polar surface area (TPSA) is 64.7 Å². The number of pyridine rings is 1. The first-order valence-corrected chi connectivity index (χ1v) is 17.7. The molecular formula is C48H28N4O. The minimum Gasteiger partial charge on any atom is -0.456 e. The summed E-state index contributed by atoms with van der Waals surface area (Å²) in [7, 11) is 0. The average molecular weight is 677 g/mol. The summed E-state index contributed by atoms with van der Waals surface area (Å²) in [5, 5.41) is 4.46. The lowest BCUT2D eigenvalue weighted by molar-refractivity contribution is 0.669. The summed E-state index contributed by atoms with van der Waals surface area (Å²) in [4.78, 5) is 20.2. The lowest BCUT2D eigenvalue weighted by Crippen LogP contribution is -2.00. The van der Waals surface area contributed by atoms with Crippen molar-refractivity contribution in [3.63, 3.8) is 0 Å². The van der Waals surface area contributed by atoms with Gasteiger partial charge >= 0.3 is 0 Å². The Morgan fingerprint density at radius 1 is 0.358 bits per heavy atom. The standard InChI is InChI=1S/C48H28N4O/c1-2-9-29(10-3-1)33-12-6-13-35(27-33)47-50-46(51-48(52-47)39-16-8-18-42-44(39)38-14-4-5-17-41(38)53-42)32-21-19-30(20-22-32)34-23-24-36-37-15-7-11-31-25-26-49-45(43(31)37)40(36)28-34/h1-28H. The molecule has 1 aliphatic rings. The highest BCUT2D eigenvalue weighted by atomic mass is 16.3. The van der Waals surface area contributed by atoms with Crippen molar-refractivity contribution in [2.75, 3.05) is 0 Å². The van der Waals surface area contributed by atoms with Crippen LogP contribution in [0.4, 0.5) is 0 Å². The molecule has 11 rings (SSSR count). The summed E-state index contributed by atoms with van der Waals surface area (Å²) in [6.07, 6.45) is 1.91. The Bertz CT molecular complexity index is 3050. The molecule has 0 N–H and O–H groups in total. The molecule has 0 fully saturated rings. The minimum atomic E-state index is 0.594. The SMILES string of the molecule is c1ccc(-c2cccc(-c3nc(-c4ccc(-c5ccc6c(c5)-c5nccc7cccc-6c57)cc4)nc(-c4cccc5oc6ccccc6c45)n3)c2)cc1. The van der Waals surface area contributed by atoms with Gasteiger partial charge in [-0.05, 0) is 69.1 Å². The maximum Gasteiger partial charge on any atom is 0.164 e. The van der Waals surface area contributed by atoms with Crippen LogP contribution in [-0.2, 0) is 0 Å². The van der Waals surface area contributed by atoms with E-state index in [1.165, 1.54) is 27.5 Å². The van der Waals surface area contributed by atoms with E-state index in [0.29, 0.717) is 17.5 Å². The van der Waals surface area contributed by atoms with Gasteiger partial charge in [0.05, 0.1) is 5.69 Å². The summed E-state index contributed by atoms with van der Waals surface area (Å²) < 4.78 is 6.25. The fourth-order valence-electron chi connectivity index (χ4n) is 7.81. The highest BCUT2D eigenvalue weighted by Gasteiger charge is 2.23. The Morgan fingerprint density at radius 2 is 1.00 bits per heavy atom. The van der Waals surface area contributed by atoms with Crippen molar-refractivity contribution in [1.29, 1.82) is 0 Å². The number of rotatable bonds is 5. The molecule has 5 nitrogen and oxygen atoms in total. The van der Waals surface area contributed by atoms with Crippen molar-refractivity contribution in [1.82, 2.24) is 19.9 Å². The van der Waals surface area contributed by atoms with Gasteiger partial charge in [-0.1, -0.05) is 133 Å². The Kier molecular flexibility index (Phi) is 6.48. The molecule has 1 aliphatic carbocycles. The molecule has 0 radical (unpaired) electrons. The Morgan fingerprint density at radius 3 is 1.91 bits per heavy atom. The summed E-state index contributed by atoms with van der Waals surface area (Å²) in [5.74, 6) is 1.81. The van der Waals surface area contributed by atoms with Gasteiger partial charge in [-0.3, -0.25) is 4.98 Å². The Hall–Kier alpha value is -7.24. The number of nitrogens with zero attached hydrogens (tertiary/aromatic N) is 4. The van der Waals surface area contributed by atoms with E-state index in [1.807, 2.05) is 42.6 Å². The van der Waals surface area contributed by atoms with Gasteiger partial charge in [0.2, 0.25) is 0 Å². The van der Waals surface area contributed by atoms with Gasteiger partial charge in [0.15, 0.2) is 17.5 Å². The molecule has 10 aromatic rings. The third-order valence-corrected chi connectivity index (χ3v) is 10.3. The zero-order valence-electron chi connectivity index (χ0n) is 28.4. The number of benzene rings is 7. The van der Waals surface area contributed by atoms with Crippen LogP contribution in [0.3, 0.4) is 0 Å². The molecule has 0 saturated heterocycles. The largest absolute Gasteiger partial charge is 0.456 e. The van der Waals surface area contributed by atoms with Gasteiger partial charge in [-0.2, -0.15) is 0 Å². The molecule has 3 aromatic heterocycles. The summed E-state index contributed by atoms with van der Waals surface area (Å²) in [5.41, 5.74) is 13.5. The number of hydrogen-bond acceptors (Lipinski definition) is 5. The maximum atomic E-state index is 6.25. The first-order valence-electron chi connectivity index (χ1n) is 17.7. The zero-order valence-corrected chi connectivity index (χ0v) is 28.4. The van der Waals surface area contributed by atoms with Crippen molar-refractivity contribution >= 4 is 32.7 Å². The maximum absolute atomic E-state index is 6.25. The molecule has 53 heavy (non-hydrogen) atoms. The van der Waals surface area contributed by atoms with Gasteiger partial charge in [0, 0.05) is 44.6 Å². The smallest absolute Gasteiger partial charge is 0.164 e. The van der Waals surface area contributed by atoms with Crippen LogP contribution in [-0.4, -0.2) is 19.9 Å². The monoisotopic (exact) mass is 676 g/mol. The molecule has 0 bridgehead atoms. The van der Waals surface area contributed by atoms with E-state index in [-0.39, 0.29) is 0 Å². The van der Waals surface area contributed by atoms with E-state index in [0.717, 1.165) is 66.6 Å². The van der Waals surface area contributed by atoms with Crippen LogP contribution in [0.15, 0.2) is 174 Å². The van der Waals surface area contributed by atoms with E-state index in [2.05, 4.69) is 127 Å². The van der Waals surface area contributed by atoms with Crippen LogP contribution in [0.5, 0.6) is 0 Å². The predicted molar refractivity (Wildman–Crippen MR) is 214 cm³/mol. The number of para-hydroxylation sites is 1. The van der Waals surface area contributed by atoms with Crippen LogP contribution in [0.25, 0.3) is 112 Å². The molecule has 3 heterocycles. The normalized spacial score (nSPS) is 11.8. The summed E-state index contributed by atoms with van der Waals surface area (Å²) in [6.45, 7) is 0. The number of aromatic nitrogens is 4. The van der Waals surface area contributed by atoms with Gasteiger partial charge in [0.25, 0.3) is 0 Å². The van der Waals surface area contributed by atoms with Gasteiger partial charge in [0.1, 0.15) is 11.2 Å². The highest BCUT2D eigenvalue weighted by Crippen LogP contribution is 2.47. The average Bonchev–Trinajstić information content (AvgIpc) is 3.78. The molecule has 0 amide bonds. The van der Waals surface area contributed by atoms with Crippen LogP contribution >= 0.6 is 0 Å². The number of hydrogen-bond donors (Lipinski definition) is 0. The number of fused-ring (bicyclic) bond motifs is 6. The van der Waals surface area contributed by atoms with E-state index in [1.54, 1.807) is 0 Å². The van der Waals surface area contributed by atoms with Gasteiger partial charge in [-0.15, -0.1) is 0 Å². The summed E-state index contributed by atoms with van der Waals surface area (Å²) >= 11 is 0. The quantitative estimate of drug-likeness (QED) is 0.181. The lowest BCUT2D eigenvalue weighted by atomic mass is 9.97. The summed E-state index contributed by atoms with van der Waals surface area (Å²) in [6, 6.07) is 56.7. The molecular weight excluding hydrogens is 649 g/mol. The van der Waals surface area contributed by atoms with E-state index >= 15 is 0 Å². The molecule has 0 saturated carbocycles. The van der Waals surface area contributed by atoms with E-state index in [9.17, 15) is 0 Å². The predicted octanol–water partition coefficient (Wildman–Crippen LogP) is 12.3. The lowest BCUT2D eigenvalue weighted by Gasteiger charge is -2.11.